The Morgan fingerprint density at radius 3 is 2.53 bits per heavy atom. The highest BCUT2D eigenvalue weighted by Crippen LogP contribution is 2.21. The number of ether oxygens (including phenoxy) is 1. The van der Waals surface area contributed by atoms with E-state index < -0.39 is 0 Å². The fourth-order valence-corrected chi connectivity index (χ4v) is 2.22. The maximum atomic E-state index is 8.67. The second-order valence-corrected chi connectivity index (χ2v) is 4.98. The van der Waals surface area contributed by atoms with Gasteiger partial charge in [-0.3, -0.25) is 4.98 Å². The van der Waals surface area contributed by atoms with Crippen molar-refractivity contribution in [3.05, 3.63) is 23.5 Å². The van der Waals surface area contributed by atoms with Gasteiger partial charge in [0.25, 0.3) is 0 Å². The number of hydrogen-bond acceptors (Lipinski definition) is 3. The van der Waals surface area contributed by atoms with Crippen LogP contribution in [-0.2, 0) is 5.88 Å². The van der Waals surface area contributed by atoms with Crippen molar-refractivity contribution in [1.29, 1.82) is 0 Å². The molecular weight excluding hydrogens is 262 g/mol. The fourth-order valence-electron chi connectivity index (χ4n) is 1.95. The SMILES string of the molecule is Cc1c(OCCCCCCCCO)ccnc1CCl. The van der Waals surface area contributed by atoms with Gasteiger partial charge in [-0.15, -0.1) is 11.6 Å². The highest BCUT2D eigenvalue weighted by atomic mass is 35.5. The summed E-state index contributed by atoms with van der Waals surface area (Å²) < 4.78 is 5.77. The molecule has 1 N–H and O–H groups in total. The topological polar surface area (TPSA) is 42.4 Å². The van der Waals surface area contributed by atoms with Gasteiger partial charge >= 0.3 is 0 Å². The Hall–Kier alpha value is -0.800. The van der Waals surface area contributed by atoms with E-state index in [0.29, 0.717) is 12.5 Å². The molecule has 0 fully saturated rings. The second kappa shape index (κ2) is 10.0. The average Bonchev–Trinajstić information content (AvgIpc) is 2.43. The molecule has 108 valence electrons. The van der Waals surface area contributed by atoms with Crippen LogP contribution in [0.5, 0.6) is 5.75 Å². The molecule has 0 aromatic carbocycles. The fraction of sp³-hybridized carbons (Fsp3) is 0.667. The van der Waals surface area contributed by atoms with Crippen LogP contribution in [0, 0.1) is 6.92 Å². The zero-order valence-electron chi connectivity index (χ0n) is 11.7. The lowest BCUT2D eigenvalue weighted by Gasteiger charge is -2.10. The standard InChI is InChI=1S/C15H24ClNO2/c1-13-14(12-16)17-9-8-15(13)19-11-7-5-3-2-4-6-10-18/h8-9,18H,2-7,10-12H2,1H3. The molecule has 0 aliphatic heterocycles. The molecular formula is C15H24ClNO2. The third-order valence-corrected chi connectivity index (χ3v) is 3.45. The van der Waals surface area contributed by atoms with Gasteiger partial charge in [-0.2, -0.15) is 0 Å². The molecule has 0 unspecified atom stereocenters. The third kappa shape index (κ3) is 6.26. The summed E-state index contributed by atoms with van der Waals surface area (Å²) in [6.45, 7) is 3.05. The van der Waals surface area contributed by atoms with Gasteiger partial charge in [0.05, 0.1) is 18.2 Å². The van der Waals surface area contributed by atoms with Crippen LogP contribution in [0.15, 0.2) is 12.3 Å². The lowest BCUT2D eigenvalue weighted by atomic mass is 10.1. The van der Waals surface area contributed by atoms with Crippen molar-refractivity contribution in [3.8, 4) is 5.75 Å². The Kier molecular flexibility index (Phi) is 8.59. The second-order valence-electron chi connectivity index (χ2n) is 4.71. The first-order valence-electron chi connectivity index (χ1n) is 7.03. The number of rotatable bonds is 10. The average molecular weight is 286 g/mol. The molecule has 1 heterocycles. The Balaban J connectivity index is 2.16. The summed E-state index contributed by atoms with van der Waals surface area (Å²) >= 11 is 5.81. The summed E-state index contributed by atoms with van der Waals surface area (Å²) in [5, 5.41) is 8.67. The Bertz CT molecular complexity index is 358. The summed E-state index contributed by atoms with van der Waals surface area (Å²) in [5.41, 5.74) is 1.93. The van der Waals surface area contributed by atoms with E-state index in [1.165, 1.54) is 19.3 Å². The number of halogens is 1. The van der Waals surface area contributed by atoms with Crippen molar-refractivity contribution < 1.29 is 9.84 Å². The minimum Gasteiger partial charge on any atom is -0.493 e. The molecule has 0 saturated carbocycles. The van der Waals surface area contributed by atoms with Crippen molar-refractivity contribution in [1.82, 2.24) is 4.98 Å². The summed E-state index contributed by atoms with van der Waals surface area (Å²) in [5.74, 6) is 1.32. The van der Waals surface area contributed by atoms with Crippen molar-refractivity contribution >= 4 is 11.6 Å². The van der Waals surface area contributed by atoms with Gasteiger partial charge in [-0.1, -0.05) is 25.7 Å². The molecule has 0 radical (unpaired) electrons. The van der Waals surface area contributed by atoms with Gasteiger partial charge < -0.3 is 9.84 Å². The Morgan fingerprint density at radius 2 is 1.84 bits per heavy atom. The number of hydrogen-bond donors (Lipinski definition) is 1. The zero-order valence-corrected chi connectivity index (χ0v) is 12.5. The summed E-state index contributed by atoms with van der Waals surface area (Å²) in [4.78, 5) is 4.21. The highest BCUT2D eigenvalue weighted by molar-refractivity contribution is 6.17. The maximum absolute atomic E-state index is 8.67. The number of alkyl halides is 1. The smallest absolute Gasteiger partial charge is 0.125 e. The highest BCUT2D eigenvalue weighted by Gasteiger charge is 2.05. The van der Waals surface area contributed by atoms with Crippen LogP contribution >= 0.6 is 11.6 Å². The number of pyridine rings is 1. The lowest BCUT2D eigenvalue weighted by molar-refractivity contribution is 0.280. The molecule has 0 spiro atoms. The monoisotopic (exact) mass is 285 g/mol. The molecule has 0 aliphatic rings. The van der Waals surface area contributed by atoms with Gasteiger partial charge in [0.2, 0.25) is 0 Å². The quantitative estimate of drug-likeness (QED) is 0.525. The van der Waals surface area contributed by atoms with E-state index in [4.69, 9.17) is 21.4 Å². The van der Waals surface area contributed by atoms with E-state index in [0.717, 1.165) is 42.9 Å². The molecule has 0 amide bonds. The van der Waals surface area contributed by atoms with Crippen molar-refractivity contribution in [2.75, 3.05) is 13.2 Å². The van der Waals surface area contributed by atoms with Crippen molar-refractivity contribution in [2.45, 2.75) is 51.3 Å². The predicted octanol–water partition coefficient (Wildman–Crippen LogP) is 3.84. The number of aromatic nitrogens is 1. The van der Waals surface area contributed by atoms with Crippen LogP contribution in [0.2, 0.25) is 0 Å². The molecule has 4 heteroatoms. The molecule has 0 bridgehead atoms. The molecule has 1 rings (SSSR count). The Labute approximate surface area is 121 Å². The summed E-state index contributed by atoms with van der Waals surface area (Å²) in [6, 6.07) is 1.90. The first kappa shape index (κ1) is 16.3. The van der Waals surface area contributed by atoms with Crippen LogP contribution in [0.25, 0.3) is 0 Å². The third-order valence-electron chi connectivity index (χ3n) is 3.20. The number of unbranched alkanes of at least 4 members (excludes halogenated alkanes) is 5. The van der Waals surface area contributed by atoms with Crippen LogP contribution in [-0.4, -0.2) is 23.3 Å². The van der Waals surface area contributed by atoms with E-state index >= 15 is 0 Å². The van der Waals surface area contributed by atoms with Crippen LogP contribution in [0.4, 0.5) is 0 Å². The zero-order chi connectivity index (χ0) is 13.9. The Morgan fingerprint density at radius 1 is 1.16 bits per heavy atom. The molecule has 0 aliphatic carbocycles. The number of nitrogens with zero attached hydrogens (tertiary/aromatic N) is 1. The van der Waals surface area contributed by atoms with E-state index in [1.54, 1.807) is 6.20 Å². The molecule has 1 aromatic heterocycles. The van der Waals surface area contributed by atoms with E-state index in [9.17, 15) is 0 Å². The normalized spacial score (nSPS) is 10.7. The van der Waals surface area contributed by atoms with E-state index in [-0.39, 0.29) is 0 Å². The van der Waals surface area contributed by atoms with E-state index in [2.05, 4.69) is 4.98 Å². The molecule has 1 aromatic rings. The van der Waals surface area contributed by atoms with Gasteiger partial charge in [-0.05, 0) is 25.8 Å². The van der Waals surface area contributed by atoms with Crippen LogP contribution in [0.1, 0.15) is 49.8 Å². The molecule has 0 atom stereocenters. The number of aliphatic hydroxyl groups is 1. The minimum atomic E-state index is 0.313. The molecule has 0 saturated heterocycles. The number of aliphatic hydroxyl groups excluding tert-OH is 1. The largest absolute Gasteiger partial charge is 0.493 e. The van der Waals surface area contributed by atoms with Gasteiger partial charge in [0.1, 0.15) is 5.75 Å². The van der Waals surface area contributed by atoms with Crippen molar-refractivity contribution in [2.24, 2.45) is 0 Å². The predicted molar refractivity (Wildman–Crippen MR) is 78.8 cm³/mol. The van der Waals surface area contributed by atoms with Gasteiger partial charge in [0, 0.05) is 18.4 Å². The summed E-state index contributed by atoms with van der Waals surface area (Å²) in [7, 11) is 0. The first-order valence-corrected chi connectivity index (χ1v) is 7.57. The summed E-state index contributed by atoms with van der Waals surface area (Å²) in [6.07, 6.45) is 8.45. The lowest BCUT2D eigenvalue weighted by Crippen LogP contribution is -2.01. The maximum Gasteiger partial charge on any atom is 0.125 e. The van der Waals surface area contributed by atoms with Crippen molar-refractivity contribution in [3.63, 3.8) is 0 Å². The molecule has 19 heavy (non-hydrogen) atoms. The van der Waals surface area contributed by atoms with Crippen LogP contribution < -0.4 is 4.74 Å². The van der Waals surface area contributed by atoms with E-state index in [1.807, 2.05) is 13.0 Å². The van der Waals surface area contributed by atoms with Gasteiger partial charge in [0.15, 0.2) is 0 Å². The molecule has 3 nitrogen and oxygen atoms in total. The minimum absolute atomic E-state index is 0.313. The van der Waals surface area contributed by atoms with Gasteiger partial charge in [-0.25, -0.2) is 0 Å². The van der Waals surface area contributed by atoms with Crippen LogP contribution in [0.3, 0.4) is 0 Å². The first-order chi connectivity index (χ1) is 9.29.